The topological polar surface area (TPSA) is 3.24 Å². The normalized spacial score (nSPS) is 11.7. The molecule has 0 unspecified atom stereocenters. The van der Waals surface area contributed by atoms with E-state index >= 15 is 0 Å². The lowest BCUT2D eigenvalue weighted by atomic mass is 9.93. The Hall–Kier alpha value is -4.96. The van der Waals surface area contributed by atoms with Crippen LogP contribution in [0.2, 0.25) is 0 Å². The first-order chi connectivity index (χ1) is 21.3. The Labute approximate surface area is 257 Å². The van der Waals surface area contributed by atoms with Crippen molar-refractivity contribution in [2.75, 3.05) is 4.90 Å². The molecular formula is C40H25NS2. The number of thiophene rings is 2. The molecule has 0 saturated heterocycles. The Bertz CT molecular complexity index is 2450. The summed E-state index contributed by atoms with van der Waals surface area (Å²) in [6.45, 7) is 0. The van der Waals surface area contributed by atoms with Gasteiger partial charge in [-0.25, -0.2) is 0 Å². The quantitative estimate of drug-likeness (QED) is 0.199. The van der Waals surface area contributed by atoms with Crippen molar-refractivity contribution in [3.63, 3.8) is 0 Å². The summed E-state index contributed by atoms with van der Waals surface area (Å²) < 4.78 is 5.28. The number of fused-ring (bicyclic) bond motifs is 7. The van der Waals surface area contributed by atoms with Gasteiger partial charge >= 0.3 is 0 Å². The minimum atomic E-state index is 1.14. The van der Waals surface area contributed by atoms with E-state index in [0.29, 0.717) is 0 Å². The van der Waals surface area contributed by atoms with E-state index in [4.69, 9.17) is 0 Å². The molecule has 43 heavy (non-hydrogen) atoms. The van der Waals surface area contributed by atoms with E-state index in [1.165, 1.54) is 67.9 Å². The monoisotopic (exact) mass is 583 g/mol. The van der Waals surface area contributed by atoms with Crippen LogP contribution in [0.1, 0.15) is 0 Å². The molecule has 7 aromatic carbocycles. The minimum Gasteiger partial charge on any atom is -0.309 e. The number of nitrogens with zero attached hydrogens (tertiary/aromatic N) is 1. The predicted molar refractivity (Wildman–Crippen MR) is 190 cm³/mol. The van der Waals surface area contributed by atoms with Gasteiger partial charge in [0.1, 0.15) is 0 Å². The van der Waals surface area contributed by atoms with Crippen molar-refractivity contribution in [2.24, 2.45) is 0 Å². The van der Waals surface area contributed by atoms with Crippen LogP contribution in [0.4, 0.5) is 17.1 Å². The molecule has 2 heterocycles. The number of anilines is 3. The first kappa shape index (κ1) is 24.6. The molecular weight excluding hydrogens is 559 g/mol. The van der Waals surface area contributed by atoms with Gasteiger partial charge in [-0.3, -0.25) is 0 Å². The molecule has 0 atom stereocenters. The largest absolute Gasteiger partial charge is 0.309 e. The lowest BCUT2D eigenvalue weighted by Gasteiger charge is -2.26. The van der Waals surface area contributed by atoms with Crippen LogP contribution in [0, 0.1) is 0 Å². The zero-order valence-electron chi connectivity index (χ0n) is 23.2. The molecule has 9 rings (SSSR count). The summed E-state index contributed by atoms with van der Waals surface area (Å²) in [4.78, 5) is 2.40. The van der Waals surface area contributed by atoms with E-state index < -0.39 is 0 Å². The third kappa shape index (κ3) is 3.90. The summed E-state index contributed by atoms with van der Waals surface area (Å²) >= 11 is 3.75. The molecule has 0 radical (unpaired) electrons. The summed E-state index contributed by atoms with van der Waals surface area (Å²) in [6.07, 6.45) is 0. The third-order valence-corrected chi connectivity index (χ3v) is 10.8. The smallest absolute Gasteiger partial charge is 0.0640 e. The molecule has 9 aromatic rings. The number of hydrogen-bond acceptors (Lipinski definition) is 3. The summed E-state index contributed by atoms with van der Waals surface area (Å²) in [7, 11) is 0. The highest BCUT2D eigenvalue weighted by Crippen LogP contribution is 2.47. The van der Waals surface area contributed by atoms with Gasteiger partial charge in [0.2, 0.25) is 0 Å². The Morgan fingerprint density at radius 3 is 1.86 bits per heavy atom. The molecule has 3 heteroatoms. The molecule has 0 amide bonds. The van der Waals surface area contributed by atoms with E-state index in [9.17, 15) is 0 Å². The Kier molecular flexibility index (Phi) is 5.62. The average Bonchev–Trinajstić information content (AvgIpc) is 3.63. The van der Waals surface area contributed by atoms with Crippen LogP contribution in [0.25, 0.3) is 62.2 Å². The molecule has 1 nitrogen and oxygen atoms in total. The van der Waals surface area contributed by atoms with Gasteiger partial charge < -0.3 is 4.90 Å². The van der Waals surface area contributed by atoms with Crippen molar-refractivity contribution >= 4 is 90.9 Å². The minimum absolute atomic E-state index is 1.14. The van der Waals surface area contributed by atoms with Crippen LogP contribution in [0.5, 0.6) is 0 Å². The van der Waals surface area contributed by atoms with Crippen molar-refractivity contribution in [2.45, 2.75) is 0 Å². The highest BCUT2D eigenvalue weighted by molar-refractivity contribution is 7.26. The summed E-state index contributed by atoms with van der Waals surface area (Å²) in [6, 6.07) is 55.3. The molecule has 0 aliphatic rings. The first-order valence-electron chi connectivity index (χ1n) is 14.5. The van der Waals surface area contributed by atoms with Crippen LogP contribution in [-0.4, -0.2) is 0 Å². The number of rotatable bonds is 4. The van der Waals surface area contributed by atoms with E-state index in [-0.39, 0.29) is 0 Å². The van der Waals surface area contributed by atoms with Crippen molar-refractivity contribution in [3.05, 3.63) is 152 Å². The molecule has 0 bridgehead atoms. The number of para-hydroxylation sites is 1. The van der Waals surface area contributed by atoms with E-state index in [1.54, 1.807) is 0 Å². The first-order valence-corrected chi connectivity index (χ1v) is 16.2. The van der Waals surface area contributed by atoms with Crippen LogP contribution in [0.15, 0.2) is 152 Å². The molecule has 0 fully saturated rings. The second kappa shape index (κ2) is 9.81. The third-order valence-electron chi connectivity index (χ3n) is 8.44. The fraction of sp³-hybridized carbons (Fsp3) is 0. The zero-order chi connectivity index (χ0) is 28.3. The maximum atomic E-state index is 2.40. The molecule has 0 N–H and O–H groups in total. The molecule has 0 spiro atoms. The van der Waals surface area contributed by atoms with Crippen LogP contribution in [-0.2, 0) is 0 Å². The maximum absolute atomic E-state index is 2.40. The molecule has 2 aromatic heterocycles. The van der Waals surface area contributed by atoms with Crippen molar-refractivity contribution in [1.82, 2.24) is 0 Å². The van der Waals surface area contributed by atoms with Crippen LogP contribution in [0.3, 0.4) is 0 Å². The maximum Gasteiger partial charge on any atom is 0.0640 e. The van der Waals surface area contributed by atoms with E-state index in [2.05, 4.69) is 157 Å². The van der Waals surface area contributed by atoms with Gasteiger partial charge in [0.15, 0.2) is 0 Å². The standard InChI is InChI=1S/C40H25NS2/c1-2-12-28(13-3-1)41(34-18-10-17-32-31-15-6-8-19-35(31)43-40(32)34)29-23-21-26(22-24-29)38-30-14-5-4-11-27(30)25-37-39(38)33-16-7-9-20-36(33)42-37/h1-25H. The number of hydrogen-bond donors (Lipinski definition) is 0. The van der Waals surface area contributed by atoms with Crippen molar-refractivity contribution in [3.8, 4) is 11.1 Å². The Morgan fingerprint density at radius 1 is 0.419 bits per heavy atom. The fourth-order valence-corrected chi connectivity index (χ4v) is 8.91. The predicted octanol–water partition coefficient (Wildman–Crippen LogP) is 12.7. The van der Waals surface area contributed by atoms with E-state index in [0.717, 1.165) is 11.4 Å². The zero-order valence-corrected chi connectivity index (χ0v) is 24.8. The van der Waals surface area contributed by atoms with E-state index in [1.807, 2.05) is 22.7 Å². The molecule has 0 saturated carbocycles. The Balaban J connectivity index is 1.27. The Morgan fingerprint density at radius 2 is 1.05 bits per heavy atom. The molecule has 202 valence electrons. The average molecular weight is 584 g/mol. The second-order valence-corrected chi connectivity index (χ2v) is 13.0. The highest BCUT2D eigenvalue weighted by atomic mass is 32.1. The van der Waals surface area contributed by atoms with Gasteiger partial charge in [-0.15, -0.1) is 22.7 Å². The summed E-state index contributed by atoms with van der Waals surface area (Å²) in [5, 5.41) is 7.87. The van der Waals surface area contributed by atoms with Gasteiger partial charge in [-0.05, 0) is 70.4 Å². The van der Waals surface area contributed by atoms with Gasteiger partial charge in [-0.2, -0.15) is 0 Å². The lowest BCUT2D eigenvalue weighted by Crippen LogP contribution is -2.09. The highest BCUT2D eigenvalue weighted by Gasteiger charge is 2.19. The van der Waals surface area contributed by atoms with Crippen molar-refractivity contribution < 1.29 is 0 Å². The SMILES string of the molecule is c1ccc(N(c2ccc(-c3c4ccccc4cc4sc5ccccc5c34)cc2)c2cccc3c2sc2ccccc23)cc1. The van der Waals surface area contributed by atoms with Gasteiger partial charge in [0.25, 0.3) is 0 Å². The molecule has 0 aliphatic carbocycles. The summed E-state index contributed by atoms with van der Waals surface area (Å²) in [5.74, 6) is 0. The molecule has 0 aliphatic heterocycles. The van der Waals surface area contributed by atoms with Gasteiger partial charge in [0.05, 0.1) is 10.4 Å². The fourth-order valence-electron chi connectivity index (χ4n) is 6.54. The summed E-state index contributed by atoms with van der Waals surface area (Å²) in [5.41, 5.74) is 6.05. The van der Waals surface area contributed by atoms with Gasteiger partial charge in [-0.1, -0.05) is 103 Å². The van der Waals surface area contributed by atoms with Gasteiger partial charge in [0, 0.05) is 47.0 Å². The second-order valence-electron chi connectivity index (χ2n) is 10.9. The van der Waals surface area contributed by atoms with Crippen LogP contribution < -0.4 is 4.90 Å². The number of benzene rings is 7. The van der Waals surface area contributed by atoms with Crippen molar-refractivity contribution in [1.29, 1.82) is 0 Å². The lowest BCUT2D eigenvalue weighted by molar-refractivity contribution is 1.30. The van der Waals surface area contributed by atoms with Crippen LogP contribution >= 0.6 is 22.7 Å².